The third-order valence-corrected chi connectivity index (χ3v) is 6.29. The highest BCUT2D eigenvalue weighted by atomic mass is 32.1. The number of carbonyl (C=O) groups excluding carboxylic acids is 2. The maximum Gasteiger partial charge on any atom is 0.262 e. The molecule has 0 saturated heterocycles. The van der Waals surface area contributed by atoms with Gasteiger partial charge in [-0.2, -0.15) is 0 Å². The Morgan fingerprint density at radius 2 is 1.73 bits per heavy atom. The largest absolute Gasteiger partial charge is 0.497 e. The molecule has 2 heterocycles. The number of carbonyl (C=O) groups is 2. The van der Waals surface area contributed by atoms with Crippen molar-refractivity contribution in [1.82, 2.24) is 14.9 Å². The van der Waals surface area contributed by atoms with Crippen LogP contribution in [0.15, 0.2) is 36.7 Å². The maximum atomic E-state index is 13.3. The molecule has 0 bridgehead atoms. The molecule has 1 atom stereocenters. The predicted molar refractivity (Wildman–Crippen MR) is 129 cm³/mol. The Morgan fingerprint density at radius 3 is 2.24 bits per heavy atom. The highest BCUT2D eigenvalue weighted by molar-refractivity contribution is 7.18. The molecule has 2 amide bonds. The van der Waals surface area contributed by atoms with Gasteiger partial charge in [0, 0.05) is 30.9 Å². The summed E-state index contributed by atoms with van der Waals surface area (Å²) in [5.41, 5.74) is 1.02. The van der Waals surface area contributed by atoms with Gasteiger partial charge in [-0.1, -0.05) is 20.8 Å². The number of aromatic nitrogens is 2. The van der Waals surface area contributed by atoms with Crippen LogP contribution >= 0.6 is 11.3 Å². The zero-order valence-corrected chi connectivity index (χ0v) is 20.8. The molecular formula is C24H30N4O4S. The molecule has 0 aliphatic heterocycles. The minimum atomic E-state index is -0.546. The smallest absolute Gasteiger partial charge is 0.262 e. The standard InChI is InChI=1S/C24H30N4O4S/c1-14-10-18(26-23(30)24(2,3)4)33-20(14)22(29)27-19(21-25-8-9-28(21)5)15-11-16(31-6)13-17(12-15)32-7/h8-13,19H,1-7H3,(H,26,30)(H,27,29). The Bertz CT molecular complexity index is 1140. The summed E-state index contributed by atoms with van der Waals surface area (Å²) in [6.45, 7) is 7.38. The second kappa shape index (κ2) is 9.66. The number of methoxy groups -OCH3 is 2. The summed E-state index contributed by atoms with van der Waals surface area (Å²) >= 11 is 1.25. The zero-order valence-electron chi connectivity index (χ0n) is 20.0. The number of nitrogens with zero attached hydrogens (tertiary/aromatic N) is 2. The summed E-state index contributed by atoms with van der Waals surface area (Å²) in [5.74, 6) is 1.51. The Kier molecular flexibility index (Phi) is 7.12. The molecule has 33 heavy (non-hydrogen) atoms. The number of amides is 2. The third kappa shape index (κ3) is 5.54. The van der Waals surface area contributed by atoms with E-state index >= 15 is 0 Å². The summed E-state index contributed by atoms with van der Waals surface area (Å²) < 4.78 is 12.7. The van der Waals surface area contributed by atoms with Crippen molar-refractivity contribution in [2.24, 2.45) is 12.5 Å². The molecule has 0 radical (unpaired) electrons. The Labute approximate surface area is 197 Å². The van der Waals surface area contributed by atoms with Gasteiger partial charge in [-0.25, -0.2) is 4.98 Å². The van der Waals surface area contributed by atoms with Crippen LogP contribution in [0.4, 0.5) is 5.00 Å². The average Bonchev–Trinajstić information content (AvgIpc) is 3.35. The Balaban J connectivity index is 1.94. The van der Waals surface area contributed by atoms with Crippen LogP contribution < -0.4 is 20.1 Å². The molecule has 0 fully saturated rings. The number of imidazole rings is 1. The monoisotopic (exact) mass is 470 g/mol. The highest BCUT2D eigenvalue weighted by Crippen LogP contribution is 2.32. The lowest BCUT2D eigenvalue weighted by atomic mass is 9.96. The van der Waals surface area contributed by atoms with Crippen molar-refractivity contribution in [3.8, 4) is 11.5 Å². The maximum absolute atomic E-state index is 13.3. The van der Waals surface area contributed by atoms with Crippen LogP contribution in [0.3, 0.4) is 0 Å². The first kappa shape index (κ1) is 24.3. The van der Waals surface area contributed by atoms with Crippen LogP contribution in [0.5, 0.6) is 11.5 Å². The van der Waals surface area contributed by atoms with Crippen molar-refractivity contribution in [3.63, 3.8) is 0 Å². The van der Waals surface area contributed by atoms with E-state index in [-0.39, 0.29) is 11.8 Å². The summed E-state index contributed by atoms with van der Waals surface area (Å²) in [5, 5.41) is 6.63. The molecular weight excluding hydrogens is 440 g/mol. The van der Waals surface area contributed by atoms with Gasteiger partial charge in [0.1, 0.15) is 23.4 Å². The van der Waals surface area contributed by atoms with Crippen molar-refractivity contribution in [2.75, 3.05) is 19.5 Å². The molecule has 1 unspecified atom stereocenters. The molecule has 1 aromatic carbocycles. The number of aryl methyl sites for hydroxylation is 2. The first-order valence-corrected chi connectivity index (χ1v) is 11.3. The lowest BCUT2D eigenvalue weighted by Crippen LogP contribution is -2.31. The summed E-state index contributed by atoms with van der Waals surface area (Å²) in [6, 6.07) is 6.73. The van der Waals surface area contributed by atoms with Gasteiger partial charge in [0.15, 0.2) is 0 Å². The number of anilines is 1. The van der Waals surface area contributed by atoms with Gasteiger partial charge < -0.3 is 24.7 Å². The predicted octanol–water partition coefficient (Wildman–Crippen LogP) is 4.31. The fourth-order valence-electron chi connectivity index (χ4n) is 3.21. The van der Waals surface area contributed by atoms with Crippen LogP contribution in [-0.4, -0.2) is 35.6 Å². The fraction of sp³-hybridized carbons (Fsp3) is 0.375. The first-order valence-electron chi connectivity index (χ1n) is 10.5. The Hall–Kier alpha value is -3.33. The molecule has 0 aliphatic carbocycles. The van der Waals surface area contributed by atoms with Crippen LogP contribution in [0, 0.1) is 12.3 Å². The molecule has 9 heteroatoms. The van der Waals surface area contributed by atoms with E-state index in [2.05, 4.69) is 15.6 Å². The number of rotatable bonds is 7. The normalized spacial score (nSPS) is 12.2. The van der Waals surface area contributed by atoms with Gasteiger partial charge in [-0.3, -0.25) is 9.59 Å². The van der Waals surface area contributed by atoms with E-state index in [1.165, 1.54) is 11.3 Å². The first-order chi connectivity index (χ1) is 15.5. The molecule has 8 nitrogen and oxygen atoms in total. The number of hydrogen-bond donors (Lipinski definition) is 2. The highest BCUT2D eigenvalue weighted by Gasteiger charge is 2.26. The number of hydrogen-bond acceptors (Lipinski definition) is 6. The van der Waals surface area contributed by atoms with E-state index in [0.29, 0.717) is 27.2 Å². The van der Waals surface area contributed by atoms with Crippen LogP contribution in [0.1, 0.15) is 53.4 Å². The SMILES string of the molecule is COc1cc(OC)cc(C(NC(=O)c2sc(NC(=O)C(C)(C)C)cc2C)c2nccn2C)c1. The number of nitrogens with one attached hydrogen (secondary N) is 2. The fourth-order valence-corrected chi connectivity index (χ4v) is 4.18. The van der Waals surface area contributed by atoms with Gasteiger partial charge in [0.25, 0.3) is 5.91 Å². The molecule has 3 aromatic rings. The zero-order chi connectivity index (χ0) is 24.3. The van der Waals surface area contributed by atoms with Crippen molar-refractivity contribution in [1.29, 1.82) is 0 Å². The molecule has 0 aliphatic rings. The minimum absolute atomic E-state index is 0.106. The van der Waals surface area contributed by atoms with E-state index in [4.69, 9.17) is 9.47 Å². The van der Waals surface area contributed by atoms with Crippen LogP contribution in [0.2, 0.25) is 0 Å². The molecule has 3 rings (SSSR count). The molecule has 0 saturated carbocycles. The number of thiophene rings is 1. The van der Waals surface area contributed by atoms with Gasteiger partial charge in [0.05, 0.1) is 24.1 Å². The van der Waals surface area contributed by atoms with Crippen LogP contribution in [0.25, 0.3) is 0 Å². The van der Waals surface area contributed by atoms with E-state index in [0.717, 1.165) is 11.1 Å². The number of benzene rings is 1. The quantitative estimate of drug-likeness (QED) is 0.537. The Morgan fingerprint density at radius 1 is 1.09 bits per heavy atom. The van der Waals surface area contributed by atoms with Crippen molar-refractivity contribution < 1.29 is 19.1 Å². The van der Waals surface area contributed by atoms with Gasteiger partial charge in [-0.15, -0.1) is 11.3 Å². The minimum Gasteiger partial charge on any atom is -0.497 e. The summed E-state index contributed by atoms with van der Waals surface area (Å²) in [6.07, 6.45) is 3.50. The van der Waals surface area contributed by atoms with Crippen LogP contribution in [-0.2, 0) is 11.8 Å². The number of ether oxygens (including phenoxy) is 2. The third-order valence-electron chi connectivity index (χ3n) is 5.14. The second-order valence-electron chi connectivity index (χ2n) is 8.78. The van der Waals surface area contributed by atoms with E-state index in [1.54, 1.807) is 26.5 Å². The lowest BCUT2D eigenvalue weighted by molar-refractivity contribution is -0.123. The van der Waals surface area contributed by atoms with Gasteiger partial charge >= 0.3 is 0 Å². The van der Waals surface area contributed by atoms with E-state index < -0.39 is 11.5 Å². The molecule has 0 spiro atoms. The molecule has 2 N–H and O–H groups in total. The van der Waals surface area contributed by atoms with Crippen molar-refractivity contribution in [2.45, 2.75) is 33.7 Å². The van der Waals surface area contributed by atoms with E-state index in [1.807, 2.05) is 63.7 Å². The lowest BCUT2D eigenvalue weighted by Gasteiger charge is -2.20. The van der Waals surface area contributed by atoms with E-state index in [9.17, 15) is 9.59 Å². The van der Waals surface area contributed by atoms with Gasteiger partial charge in [-0.05, 0) is 36.2 Å². The molecule has 176 valence electrons. The second-order valence-corrected chi connectivity index (χ2v) is 9.83. The summed E-state index contributed by atoms with van der Waals surface area (Å²) in [4.78, 5) is 30.7. The molecule has 2 aromatic heterocycles. The van der Waals surface area contributed by atoms with Gasteiger partial charge in [0.2, 0.25) is 5.91 Å². The summed E-state index contributed by atoms with van der Waals surface area (Å²) in [7, 11) is 5.03. The average molecular weight is 471 g/mol. The van der Waals surface area contributed by atoms with Crippen molar-refractivity contribution in [3.05, 3.63) is 58.5 Å². The van der Waals surface area contributed by atoms with Crippen molar-refractivity contribution >= 4 is 28.2 Å². The topological polar surface area (TPSA) is 94.5 Å².